The second-order valence-electron chi connectivity index (χ2n) is 7.94. The number of piperidine rings is 1. The number of aryl methyl sites for hydroxylation is 1. The van der Waals surface area contributed by atoms with Crippen LogP contribution in [0.15, 0.2) is 26.1 Å². The van der Waals surface area contributed by atoms with Gasteiger partial charge in [0.2, 0.25) is 11.7 Å². The number of imidazole rings is 1. The summed E-state index contributed by atoms with van der Waals surface area (Å²) in [6, 6.07) is 2.98. The number of furan rings is 1. The van der Waals surface area contributed by atoms with E-state index in [0.717, 1.165) is 24.0 Å². The highest BCUT2D eigenvalue weighted by atomic mass is 16.5. The Balaban J connectivity index is 1.87. The first-order valence-corrected chi connectivity index (χ1v) is 10.6. The van der Waals surface area contributed by atoms with Gasteiger partial charge >= 0.3 is 11.7 Å². The molecule has 4 heterocycles. The van der Waals surface area contributed by atoms with Crippen LogP contribution in [0, 0.1) is 11.8 Å². The molecule has 4 rings (SSSR count). The SMILES string of the molecule is CC#CCn1c(N2CCCC(N)C2)nc2c1c(=O)n(Cc1ccc(C(=O)OC)o1)c(=O)n2C. The minimum absolute atomic E-state index is 0.00714. The van der Waals surface area contributed by atoms with E-state index in [1.165, 1.54) is 23.8 Å². The number of nitrogens with two attached hydrogens (primary N) is 1. The number of nitrogens with zero attached hydrogens (tertiary/aromatic N) is 5. The summed E-state index contributed by atoms with van der Waals surface area (Å²) in [4.78, 5) is 44.9. The first-order chi connectivity index (χ1) is 15.8. The Hall–Kier alpha value is -3.78. The highest BCUT2D eigenvalue weighted by molar-refractivity contribution is 5.86. The zero-order valence-electron chi connectivity index (χ0n) is 18.8. The summed E-state index contributed by atoms with van der Waals surface area (Å²) in [5.74, 6) is 6.04. The quantitative estimate of drug-likeness (QED) is 0.430. The van der Waals surface area contributed by atoms with Gasteiger partial charge < -0.3 is 19.8 Å². The van der Waals surface area contributed by atoms with Crippen molar-refractivity contribution in [1.82, 2.24) is 18.7 Å². The predicted molar refractivity (Wildman–Crippen MR) is 121 cm³/mol. The van der Waals surface area contributed by atoms with Crippen molar-refractivity contribution >= 4 is 23.1 Å². The predicted octanol–water partition coefficient (Wildman–Crippen LogP) is 0.275. The Morgan fingerprint density at radius 3 is 2.82 bits per heavy atom. The normalized spacial score (nSPS) is 16.0. The molecular formula is C22H26N6O5. The number of hydrogen-bond acceptors (Lipinski definition) is 8. The van der Waals surface area contributed by atoms with Gasteiger partial charge in [-0.3, -0.25) is 18.5 Å². The van der Waals surface area contributed by atoms with Crippen LogP contribution in [0.25, 0.3) is 11.2 Å². The number of anilines is 1. The summed E-state index contributed by atoms with van der Waals surface area (Å²) in [7, 11) is 2.81. The van der Waals surface area contributed by atoms with E-state index in [0.29, 0.717) is 12.5 Å². The zero-order chi connectivity index (χ0) is 23.7. The number of fused-ring (bicyclic) bond motifs is 1. The van der Waals surface area contributed by atoms with Gasteiger partial charge in [0.05, 0.1) is 20.2 Å². The lowest BCUT2D eigenvalue weighted by atomic mass is 10.1. The van der Waals surface area contributed by atoms with Crippen molar-refractivity contribution in [3.8, 4) is 11.8 Å². The molecule has 0 saturated carbocycles. The first-order valence-electron chi connectivity index (χ1n) is 10.6. The minimum Gasteiger partial charge on any atom is -0.463 e. The molecule has 1 fully saturated rings. The third-order valence-electron chi connectivity index (χ3n) is 5.73. The highest BCUT2D eigenvalue weighted by Crippen LogP contribution is 2.23. The number of aromatic nitrogens is 4. The number of hydrogen-bond donors (Lipinski definition) is 1. The number of ether oxygens (including phenoxy) is 1. The Kier molecular flexibility index (Phi) is 6.11. The highest BCUT2D eigenvalue weighted by Gasteiger charge is 2.26. The monoisotopic (exact) mass is 454 g/mol. The molecule has 1 saturated heterocycles. The summed E-state index contributed by atoms with van der Waals surface area (Å²) in [5, 5.41) is 0. The average molecular weight is 454 g/mol. The Morgan fingerprint density at radius 1 is 1.33 bits per heavy atom. The van der Waals surface area contributed by atoms with Crippen LogP contribution in [0.1, 0.15) is 36.1 Å². The van der Waals surface area contributed by atoms with E-state index in [9.17, 15) is 14.4 Å². The fraction of sp³-hybridized carbons (Fsp3) is 0.455. The van der Waals surface area contributed by atoms with Gasteiger partial charge in [-0.05, 0) is 31.9 Å². The largest absolute Gasteiger partial charge is 0.463 e. The van der Waals surface area contributed by atoms with Gasteiger partial charge in [-0.1, -0.05) is 5.92 Å². The molecule has 0 aliphatic carbocycles. The van der Waals surface area contributed by atoms with Crippen molar-refractivity contribution in [2.24, 2.45) is 12.8 Å². The van der Waals surface area contributed by atoms with Gasteiger partial charge in [-0.25, -0.2) is 9.59 Å². The Labute approximate surface area is 189 Å². The van der Waals surface area contributed by atoms with Crippen LogP contribution in [-0.2, 0) is 24.9 Å². The number of carbonyl (C=O) groups is 1. The van der Waals surface area contributed by atoms with Crippen molar-refractivity contribution in [3.05, 3.63) is 44.5 Å². The third-order valence-corrected chi connectivity index (χ3v) is 5.73. The molecule has 11 nitrogen and oxygen atoms in total. The lowest BCUT2D eigenvalue weighted by Gasteiger charge is -2.31. The van der Waals surface area contributed by atoms with Crippen LogP contribution in [0.2, 0.25) is 0 Å². The fourth-order valence-corrected chi connectivity index (χ4v) is 4.07. The van der Waals surface area contributed by atoms with E-state index in [1.54, 1.807) is 18.5 Å². The molecule has 1 unspecified atom stereocenters. The van der Waals surface area contributed by atoms with E-state index >= 15 is 0 Å². The Morgan fingerprint density at radius 2 is 2.12 bits per heavy atom. The number of rotatable bonds is 5. The second-order valence-corrected chi connectivity index (χ2v) is 7.94. The zero-order valence-corrected chi connectivity index (χ0v) is 18.8. The van der Waals surface area contributed by atoms with Crippen LogP contribution in [0.5, 0.6) is 0 Å². The average Bonchev–Trinajstić information content (AvgIpc) is 3.43. The van der Waals surface area contributed by atoms with E-state index in [4.69, 9.17) is 10.2 Å². The minimum atomic E-state index is -0.641. The summed E-state index contributed by atoms with van der Waals surface area (Å²) in [6.45, 7) is 3.18. The first kappa shape index (κ1) is 22.4. The molecule has 3 aromatic heterocycles. The summed E-state index contributed by atoms with van der Waals surface area (Å²) in [6.07, 6.45) is 1.83. The maximum Gasteiger partial charge on any atom is 0.373 e. The molecule has 0 amide bonds. The van der Waals surface area contributed by atoms with Gasteiger partial charge in [-0.2, -0.15) is 4.98 Å². The number of carbonyl (C=O) groups excluding carboxylic acids is 1. The molecular weight excluding hydrogens is 428 g/mol. The number of esters is 1. The molecule has 1 aliphatic rings. The Bertz CT molecular complexity index is 1380. The van der Waals surface area contributed by atoms with Crippen molar-refractivity contribution in [2.45, 2.75) is 38.9 Å². The molecule has 0 radical (unpaired) electrons. The summed E-state index contributed by atoms with van der Waals surface area (Å²) in [5.41, 5.74) is 5.66. The van der Waals surface area contributed by atoms with Crippen molar-refractivity contribution in [3.63, 3.8) is 0 Å². The third kappa shape index (κ3) is 4.05. The molecule has 0 bridgehead atoms. The molecule has 1 atom stereocenters. The van der Waals surface area contributed by atoms with Gasteiger partial charge in [-0.15, -0.1) is 5.92 Å². The number of methoxy groups -OCH3 is 1. The molecule has 174 valence electrons. The van der Waals surface area contributed by atoms with E-state index in [-0.39, 0.29) is 41.8 Å². The van der Waals surface area contributed by atoms with E-state index in [1.807, 2.05) is 4.90 Å². The summed E-state index contributed by atoms with van der Waals surface area (Å²) < 4.78 is 14.2. The van der Waals surface area contributed by atoms with Gasteiger partial charge in [0.1, 0.15) is 5.76 Å². The maximum atomic E-state index is 13.5. The van der Waals surface area contributed by atoms with Gasteiger partial charge in [0, 0.05) is 26.2 Å². The van der Waals surface area contributed by atoms with E-state index < -0.39 is 17.2 Å². The van der Waals surface area contributed by atoms with Crippen LogP contribution in [0.3, 0.4) is 0 Å². The van der Waals surface area contributed by atoms with Crippen molar-refractivity contribution in [1.29, 1.82) is 0 Å². The second kappa shape index (κ2) is 8.99. The van der Waals surface area contributed by atoms with Crippen LogP contribution >= 0.6 is 0 Å². The smallest absolute Gasteiger partial charge is 0.373 e. The molecule has 11 heteroatoms. The lowest BCUT2D eigenvalue weighted by molar-refractivity contribution is 0.0563. The van der Waals surface area contributed by atoms with Crippen LogP contribution in [0.4, 0.5) is 5.95 Å². The summed E-state index contributed by atoms with van der Waals surface area (Å²) >= 11 is 0. The molecule has 0 spiro atoms. The molecule has 1 aliphatic heterocycles. The van der Waals surface area contributed by atoms with Crippen LogP contribution in [-0.4, -0.2) is 50.9 Å². The van der Waals surface area contributed by atoms with Gasteiger partial charge in [0.15, 0.2) is 11.2 Å². The van der Waals surface area contributed by atoms with Crippen molar-refractivity contribution in [2.75, 3.05) is 25.1 Å². The standard InChI is InChI=1S/C22H26N6O5/c1-4-5-11-27-17-18(24-21(27)26-10-6-7-14(23)12-26)25(2)22(31)28(19(17)29)13-15-8-9-16(33-15)20(30)32-3/h8-9,14H,6-7,10-13,23H2,1-3H3. The van der Waals surface area contributed by atoms with Gasteiger partial charge in [0.25, 0.3) is 5.56 Å². The van der Waals surface area contributed by atoms with E-state index in [2.05, 4.69) is 21.6 Å². The maximum absolute atomic E-state index is 13.5. The lowest BCUT2D eigenvalue weighted by Crippen LogP contribution is -2.44. The topological polar surface area (TPSA) is 131 Å². The van der Waals surface area contributed by atoms with Crippen molar-refractivity contribution < 1.29 is 13.9 Å². The molecule has 0 aromatic carbocycles. The van der Waals surface area contributed by atoms with Crippen LogP contribution < -0.4 is 21.9 Å². The molecule has 3 aromatic rings. The fourth-order valence-electron chi connectivity index (χ4n) is 4.07. The molecule has 2 N–H and O–H groups in total. The molecule has 33 heavy (non-hydrogen) atoms.